The minimum Gasteiger partial charge on any atom is -0.308 e. The summed E-state index contributed by atoms with van der Waals surface area (Å²) < 4.78 is 0. The zero-order chi connectivity index (χ0) is 14.0. The van der Waals surface area contributed by atoms with E-state index < -0.39 is 0 Å². The van der Waals surface area contributed by atoms with E-state index >= 15 is 0 Å². The van der Waals surface area contributed by atoms with Gasteiger partial charge in [0.1, 0.15) is 0 Å². The third kappa shape index (κ3) is 2.91. The topological polar surface area (TPSA) is 15.3 Å². The largest absolute Gasteiger partial charge is 0.308 e. The van der Waals surface area contributed by atoms with E-state index in [9.17, 15) is 0 Å². The molecule has 20 heavy (non-hydrogen) atoms. The van der Waals surface area contributed by atoms with E-state index in [2.05, 4.69) is 54.4 Å². The molecule has 2 atom stereocenters. The standard InChI is InChI=1S/C18H28N2/c1-3-18(2)14-20(13-15-8-7-9-15)17(12-19-18)16-10-5-4-6-11-16/h4-6,10-11,15,17,19H,3,7-9,12-14H2,1-2H3. The lowest BCUT2D eigenvalue weighted by Gasteiger charge is -2.48. The van der Waals surface area contributed by atoms with Gasteiger partial charge in [0.25, 0.3) is 0 Å². The van der Waals surface area contributed by atoms with Gasteiger partial charge in [0, 0.05) is 31.2 Å². The lowest BCUT2D eigenvalue weighted by molar-refractivity contribution is 0.0549. The molecule has 0 amide bonds. The van der Waals surface area contributed by atoms with Gasteiger partial charge in [-0.3, -0.25) is 4.90 Å². The van der Waals surface area contributed by atoms with Gasteiger partial charge in [-0.25, -0.2) is 0 Å². The second kappa shape index (κ2) is 5.87. The van der Waals surface area contributed by atoms with Crippen LogP contribution in [0.5, 0.6) is 0 Å². The second-order valence-electron chi connectivity index (χ2n) is 6.95. The molecular formula is C18H28N2. The van der Waals surface area contributed by atoms with E-state index in [-0.39, 0.29) is 5.54 Å². The number of hydrogen-bond acceptors (Lipinski definition) is 2. The van der Waals surface area contributed by atoms with Crippen molar-refractivity contribution >= 4 is 0 Å². The summed E-state index contributed by atoms with van der Waals surface area (Å²) in [4.78, 5) is 2.75. The Morgan fingerprint density at radius 1 is 1.25 bits per heavy atom. The molecule has 1 aromatic rings. The third-order valence-electron chi connectivity index (χ3n) is 5.40. The SMILES string of the molecule is CCC1(C)CN(CC2CCC2)C(c2ccccc2)CN1. The summed E-state index contributed by atoms with van der Waals surface area (Å²) in [7, 11) is 0. The Morgan fingerprint density at radius 3 is 2.60 bits per heavy atom. The van der Waals surface area contributed by atoms with E-state index in [1.165, 1.54) is 44.3 Å². The summed E-state index contributed by atoms with van der Waals surface area (Å²) >= 11 is 0. The molecule has 0 bridgehead atoms. The highest BCUT2D eigenvalue weighted by Crippen LogP contribution is 2.33. The normalized spacial score (nSPS) is 32.0. The maximum atomic E-state index is 3.79. The average Bonchev–Trinajstić information content (AvgIpc) is 2.44. The van der Waals surface area contributed by atoms with E-state index in [1.54, 1.807) is 0 Å². The zero-order valence-electron chi connectivity index (χ0n) is 12.9. The van der Waals surface area contributed by atoms with Crippen LogP contribution < -0.4 is 5.32 Å². The van der Waals surface area contributed by atoms with Crippen LogP contribution in [0.15, 0.2) is 30.3 Å². The Kier molecular flexibility index (Phi) is 4.13. The maximum Gasteiger partial charge on any atom is 0.0473 e. The molecule has 2 unspecified atom stereocenters. The van der Waals surface area contributed by atoms with Crippen LogP contribution in [0.4, 0.5) is 0 Å². The fraction of sp³-hybridized carbons (Fsp3) is 0.667. The number of hydrogen-bond donors (Lipinski definition) is 1. The Bertz CT molecular complexity index is 426. The monoisotopic (exact) mass is 272 g/mol. The van der Waals surface area contributed by atoms with Crippen molar-refractivity contribution in [1.29, 1.82) is 0 Å². The van der Waals surface area contributed by atoms with Crippen molar-refractivity contribution < 1.29 is 0 Å². The molecule has 2 fully saturated rings. The molecule has 1 aliphatic heterocycles. The fourth-order valence-electron chi connectivity index (χ4n) is 3.53. The highest BCUT2D eigenvalue weighted by molar-refractivity contribution is 5.21. The van der Waals surface area contributed by atoms with Crippen molar-refractivity contribution in [1.82, 2.24) is 10.2 Å². The smallest absolute Gasteiger partial charge is 0.0473 e. The third-order valence-corrected chi connectivity index (χ3v) is 5.40. The summed E-state index contributed by atoms with van der Waals surface area (Å²) in [6.07, 6.45) is 5.52. The molecule has 2 heteroatoms. The van der Waals surface area contributed by atoms with Crippen LogP contribution in [-0.2, 0) is 0 Å². The Hall–Kier alpha value is -0.860. The molecule has 0 spiro atoms. The predicted octanol–water partition coefficient (Wildman–Crippen LogP) is 3.60. The molecule has 1 aromatic carbocycles. The van der Waals surface area contributed by atoms with Crippen molar-refractivity contribution in [3.8, 4) is 0 Å². The molecular weight excluding hydrogens is 244 g/mol. The average molecular weight is 272 g/mol. The summed E-state index contributed by atoms with van der Waals surface area (Å²) in [6.45, 7) is 8.23. The van der Waals surface area contributed by atoms with Gasteiger partial charge in [0.15, 0.2) is 0 Å². The molecule has 2 aliphatic rings. The van der Waals surface area contributed by atoms with E-state index in [4.69, 9.17) is 0 Å². The summed E-state index contributed by atoms with van der Waals surface area (Å²) in [5, 5.41) is 3.79. The summed E-state index contributed by atoms with van der Waals surface area (Å²) in [5.74, 6) is 0.945. The van der Waals surface area contributed by atoms with Gasteiger partial charge in [0.05, 0.1) is 0 Å². The van der Waals surface area contributed by atoms with Gasteiger partial charge in [0.2, 0.25) is 0 Å². The van der Waals surface area contributed by atoms with Gasteiger partial charge in [-0.05, 0) is 37.7 Å². The molecule has 1 heterocycles. The van der Waals surface area contributed by atoms with E-state index in [0.29, 0.717) is 6.04 Å². The molecule has 1 saturated carbocycles. The molecule has 3 rings (SSSR count). The van der Waals surface area contributed by atoms with Crippen LogP contribution in [-0.4, -0.2) is 30.1 Å². The Labute approximate surface area is 123 Å². The minimum atomic E-state index is 0.287. The second-order valence-corrected chi connectivity index (χ2v) is 6.95. The quantitative estimate of drug-likeness (QED) is 0.901. The fourth-order valence-corrected chi connectivity index (χ4v) is 3.53. The zero-order valence-corrected chi connectivity index (χ0v) is 12.9. The van der Waals surface area contributed by atoms with Crippen LogP contribution in [0.2, 0.25) is 0 Å². The number of nitrogens with one attached hydrogen (secondary N) is 1. The first-order valence-electron chi connectivity index (χ1n) is 8.24. The van der Waals surface area contributed by atoms with Crippen molar-refractivity contribution in [2.75, 3.05) is 19.6 Å². The van der Waals surface area contributed by atoms with Crippen molar-refractivity contribution in [3.63, 3.8) is 0 Å². The Morgan fingerprint density at radius 2 is 2.00 bits per heavy atom. The summed E-state index contributed by atoms with van der Waals surface area (Å²) in [5.41, 5.74) is 1.76. The highest BCUT2D eigenvalue weighted by Gasteiger charge is 2.36. The van der Waals surface area contributed by atoms with Crippen molar-refractivity contribution in [2.45, 2.75) is 51.1 Å². The van der Waals surface area contributed by atoms with E-state index in [1.807, 2.05) is 0 Å². The lowest BCUT2D eigenvalue weighted by Crippen LogP contribution is -2.60. The molecule has 1 aliphatic carbocycles. The van der Waals surface area contributed by atoms with Crippen LogP contribution >= 0.6 is 0 Å². The number of nitrogens with zero attached hydrogens (tertiary/aromatic N) is 1. The van der Waals surface area contributed by atoms with Gasteiger partial charge < -0.3 is 5.32 Å². The molecule has 1 N–H and O–H groups in total. The van der Waals surface area contributed by atoms with E-state index in [0.717, 1.165) is 12.5 Å². The molecule has 0 aromatic heterocycles. The van der Waals surface area contributed by atoms with Crippen LogP contribution in [0.1, 0.15) is 51.1 Å². The molecule has 110 valence electrons. The van der Waals surface area contributed by atoms with Crippen LogP contribution in [0, 0.1) is 5.92 Å². The number of piperazine rings is 1. The predicted molar refractivity (Wildman–Crippen MR) is 84.8 cm³/mol. The first kappa shape index (κ1) is 14.1. The minimum absolute atomic E-state index is 0.287. The number of rotatable bonds is 4. The lowest BCUT2D eigenvalue weighted by atomic mass is 9.83. The Balaban J connectivity index is 1.76. The first-order valence-corrected chi connectivity index (χ1v) is 8.24. The van der Waals surface area contributed by atoms with Gasteiger partial charge in [-0.1, -0.05) is 43.7 Å². The molecule has 0 radical (unpaired) electrons. The van der Waals surface area contributed by atoms with Crippen molar-refractivity contribution in [2.24, 2.45) is 5.92 Å². The number of benzene rings is 1. The molecule has 2 nitrogen and oxygen atoms in total. The van der Waals surface area contributed by atoms with Gasteiger partial charge >= 0.3 is 0 Å². The van der Waals surface area contributed by atoms with Gasteiger partial charge in [-0.15, -0.1) is 0 Å². The first-order chi connectivity index (χ1) is 9.70. The highest BCUT2D eigenvalue weighted by atomic mass is 15.3. The maximum absolute atomic E-state index is 3.79. The summed E-state index contributed by atoms with van der Waals surface area (Å²) in [6, 6.07) is 11.6. The van der Waals surface area contributed by atoms with Crippen molar-refractivity contribution in [3.05, 3.63) is 35.9 Å². The van der Waals surface area contributed by atoms with Gasteiger partial charge in [-0.2, -0.15) is 0 Å². The van der Waals surface area contributed by atoms with Crippen LogP contribution in [0.25, 0.3) is 0 Å². The molecule has 1 saturated heterocycles. The van der Waals surface area contributed by atoms with Crippen LogP contribution in [0.3, 0.4) is 0 Å².